The van der Waals surface area contributed by atoms with E-state index in [0.29, 0.717) is 51.9 Å². The first-order valence-electron chi connectivity index (χ1n) is 12.1. The zero-order valence-corrected chi connectivity index (χ0v) is 20.3. The van der Waals surface area contributed by atoms with E-state index in [-0.39, 0.29) is 22.9 Å². The Bertz CT molecular complexity index is 1090. The molecular formula is C26H32F2N2O4. The first kappa shape index (κ1) is 23.2. The summed E-state index contributed by atoms with van der Waals surface area (Å²) in [6, 6.07) is 2.45. The molecule has 184 valence electrons. The summed E-state index contributed by atoms with van der Waals surface area (Å²) in [5.41, 5.74) is -2.73. The van der Waals surface area contributed by atoms with E-state index in [1.807, 2.05) is 25.7 Å². The van der Waals surface area contributed by atoms with Crippen molar-refractivity contribution in [3.8, 4) is 0 Å². The van der Waals surface area contributed by atoms with Crippen molar-refractivity contribution >= 4 is 17.8 Å². The number of hydrogen-bond donors (Lipinski definition) is 0. The van der Waals surface area contributed by atoms with Crippen molar-refractivity contribution in [2.45, 2.75) is 65.4 Å². The largest absolute Gasteiger partial charge is 0.448 e. The lowest BCUT2D eigenvalue weighted by Crippen LogP contribution is -2.55. The summed E-state index contributed by atoms with van der Waals surface area (Å²) in [6.45, 7) is 9.23. The van der Waals surface area contributed by atoms with Crippen LogP contribution in [-0.4, -0.2) is 59.4 Å². The van der Waals surface area contributed by atoms with Crippen LogP contribution in [0.15, 0.2) is 12.1 Å². The van der Waals surface area contributed by atoms with E-state index in [4.69, 9.17) is 4.74 Å². The van der Waals surface area contributed by atoms with Gasteiger partial charge in [-0.3, -0.25) is 14.4 Å². The monoisotopic (exact) mass is 474 g/mol. The van der Waals surface area contributed by atoms with Gasteiger partial charge in [0.2, 0.25) is 0 Å². The van der Waals surface area contributed by atoms with E-state index in [2.05, 4.69) is 0 Å². The minimum absolute atomic E-state index is 0.105. The van der Waals surface area contributed by atoms with Gasteiger partial charge in [-0.1, -0.05) is 19.9 Å². The second kappa shape index (κ2) is 7.25. The summed E-state index contributed by atoms with van der Waals surface area (Å²) >= 11 is 0. The number of carbonyl (C=O) groups is 3. The van der Waals surface area contributed by atoms with Crippen LogP contribution in [0.4, 0.5) is 8.78 Å². The van der Waals surface area contributed by atoms with Gasteiger partial charge in [-0.15, -0.1) is 0 Å². The van der Waals surface area contributed by atoms with Crippen molar-refractivity contribution < 1.29 is 27.9 Å². The standard InChI is InChI=1S/C26H32F2N2O4/c1-16-5-6-17(27)18(19(16)28)20(31)29-12-9-25(10-13-29)11-14-30(15-25)21(32)26-8-7-24(4,22(33)34-26)23(26,2)3/h5-6H,7-15H2,1-4H3/t24-,26+/m0/s1. The number of likely N-dealkylation sites (tertiary alicyclic amines) is 2. The molecule has 8 heteroatoms. The number of carbonyl (C=O) groups excluding carboxylic acids is 3. The average molecular weight is 475 g/mol. The van der Waals surface area contributed by atoms with Crippen LogP contribution in [0.1, 0.15) is 68.8 Å². The van der Waals surface area contributed by atoms with Crippen LogP contribution in [0.2, 0.25) is 0 Å². The Morgan fingerprint density at radius 2 is 1.56 bits per heavy atom. The SMILES string of the molecule is Cc1ccc(F)c(C(=O)N2CCC3(CC2)CCN(C(=O)[C@@]24CC[C@@](C)(C(=O)O2)C4(C)C)C3)c1F. The first-order valence-corrected chi connectivity index (χ1v) is 12.1. The Hall–Kier alpha value is -2.51. The highest BCUT2D eigenvalue weighted by Crippen LogP contribution is 2.66. The maximum atomic E-state index is 14.5. The maximum Gasteiger partial charge on any atom is 0.313 e. The van der Waals surface area contributed by atoms with Crippen molar-refractivity contribution in [2.24, 2.45) is 16.2 Å². The number of fused-ring (bicyclic) bond motifs is 2. The summed E-state index contributed by atoms with van der Waals surface area (Å²) in [6.07, 6.45) is 3.31. The van der Waals surface area contributed by atoms with Crippen molar-refractivity contribution in [2.75, 3.05) is 26.2 Å². The van der Waals surface area contributed by atoms with Gasteiger partial charge < -0.3 is 14.5 Å². The molecule has 5 rings (SSSR count). The molecule has 6 nitrogen and oxygen atoms in total. The quantitative estimate of drug-likeness (QED) is 0.611. The number of esters is 1. The van der Waals surface area contributed by atoms with E-state index in [0.717, 1.165) is 12.5 Å². The number of amides is 2. The van der Waals surface area contributed by atoms with Gasteiger partial charge in [-0.25, -0.2) is 8.78 Å². The molecular weight excluding hydrogens is 442 g/mol. The Morgan fingerprint density at radius 1 is 0.941 bits per heavy atom. The summed E-state index contributed by atoms with van der Waals surface area (Å²) < 4.78 is 34.5. The van der Waals surface area contributed by atoms with Gasteiger partial charge in [0.15, 0.2) is 5.60 Å². The smallest absolute Gasteiger partial charge is 0.313 e. The van der Waals surface area contributed by atoms with E-state index in [1.165, 1.54) is 17.9 Å². The van der Waals surface area contributed by atoms with Gasteiger partial charge in [0.05, 0.1) is 5.41 Å². The third-order valence-corrected chi connectivity index (χ3v) is 9.76. The van der Waals surface area contributed by atoms with Crippen molar-refractivity contribution in [1.29, 1.82) is 0 Å². The van der Waals surface area contributed by atoms with Gasteiger partial charge in [0.25, 0.3) is 11.8 Å². The molecule has 0 unspecified atom stereocenters. The minimum Gasteiger partial charge on any atom is -0.448 e. The van der Waals surface area contributed by atoms with E-state index < -0.39 is 39.5 Å². The van der Waals surface area contributed by atoms with Gasteiger partial charge in [0.1, 0.15) is 17.2 Å². The number of halogens is 2. The lowest BCUT2D eigenvalue weighted by atomic mass is 9.66. The zero-order chi connectivity index (χ0) is 24.7. The third kappa shape index (κ3) is 2.86. The third-order valence-electron chi connectivity index (χ3n) is 9.76. The lowest BCUT2D eigenvalue weighted by molar-refractivity contribution is -0.173. The maximum absolute atomic E-state index is 14.5. The van der Waals surface area contributed by atoms with Gasteiger partial charge in [0, 0.05) is 31.6 Å². The molecule has 3 heterocycles. The summed E-state index contributed by atoms with van der Waals surface area (Å²) in [4.78, 5) is 42.6. The molecule has 1 aromatic carbocycles. The minimum atomic E-state index is -1.11. The fraction of sp³-hybridized carbons (Fsp3) is 0.654. The summed E-state index contributed by atoms with van der Waals surface area (Å²) in [5, 5.41) is 0. The van der Waals surface area contributed by atoms with Crippen LogP contribution in [0.25, 0.3) is 0 Å². The topological polar surface area (TPSA) is 66.9 Å². The number of piperidine rings is 1. The molecule has 3 saturated heterocycles. The molecule has 2 bridgehead atoms. The average Bonchev–Trinajstić information content (AvgIpc) is 3.34. The zero-order valence-electron chi connectivity index (χ0n) is 20.3. The molecule has 3 aliphatic heterocycles. The van der Waals surface area contributed by atoms with Crippen LogP contribution < -0.4 is 0 Å². The van der Waals surface area contributed by atoms with E-state index in [1.54, 1.807) is 0 Å². The molecule has 4 aliphatic rings. The summed E-state index contributed by atoms with van der Waals surface area (Å²) in [5.74, 6) is -2.66. The number of ether oxygens (including phenoxy) is 1. The Kier molecular flexibility index (Phi) is 4.95. The van der Waals surface area contributed by atoms with Crippen LogP contribution >= 0.6 is 0 Å². The highest BCUT2D eigenvalue weighted by atomic mass is 19.1. The second-order valence-corrected chi connectivity index (χ2v) is 11.5. The fourth-order valence-electron chi connectivity index (χ4n) is 6.69. The number of rotatable bonds is 2. The molecule has 1 aromatic rings. The summed E-state index contributed by atoms with van der Waals surface area (Å²) in [7, 11) is 0. The normalized spacial score (nSPS) is 31.3. The molecule has 0 N–H and O–H groups in total. The van der Waals surface area contributed by atoms with Crippen molar-refractivity contribution in [3.05, 3.63) is 34.9 Å². The molecule has 0 aromatic heterocycles. The first-order chi connectivity index (χ1) is 15.9. The highest BCUT2D eigenvalue weighted by molar-refractivity contribution is 5.96. The molecule has 2 amide bonds. The number of nitrogens with zero attached hydrogens (tertiary/aromatic N) is 2. The predicted octanol–water partition coefficient (Wildman–Crippen LogP) is 3.85. The Morgan fingerprint density at radius 3 is 2.12 bits per heavy atom. The molecule has 1 spiro atoms. The molecule has 2 atom stereocenters. The predicted molar refractivity (Wildman–Crippen MR) is 120 cm³/mol. The number of hydrogen-bond acceptors (Lipinski definition) is 4. The molecule has 1 aliphatic carbocycles. The highest BCUT2D eigenvalue weighted by Gasteiger charge is 2.76. The molecule has 1 saturated carbocycles. The van der Waals surface area contributed by atoms with Crippen LogP contribution in [-0.2, 0) is 14.3 Å². The van der Waals surface area contributed by atoms with Crippen molar-refractivity contribution in [1.82, 2.24) is 9.80 Å². The number of aryl methyl sites for hydroxylation is 1. The van der Waals surface area contributed by atoms with E-state index in [9.17, 15) is 23.2 Å². The van der Waals surface area contributed by atoms with Gasteiger partial charge in [-0.05, 0) is 63.0 Å². The molecule has 0 radical (unpaired) electrons. The second-order valence-electron chi connectivity index (χ2n) is 11.5. The van der Waals surface area contributed by atoms with Gasteiger partial charge in [-0.2, -0.15) is 0 Å². The van der Waals surface area contributed by atoms with Crippen molar-refractivity contribution in [3.63, 3.8) is 0 Å². The van der Waals surface area contributed by atoms with E-state index >= 15 is 0 Å². The Labute approximate surface area is 198 Å². The molecule has 34 heavy (non-hydrogen) atoms. The fourth-order valence-corrected chi connectivity index (χ4v) is 6.69. The van der Waals surface area contributed by atoms with Crippen LogP contribution in [0, 0.1) is 34.8 Å². The lowest BCUT2D eigenvalue weighted by Gasteiger charge is -2.41. The Balaban J connectivity index is 1.28. The van der Waals surface area contributed by atoms with Crippen LogP contribution in [0.3, 0.4) is 0 Å². The van der Waals surface area contributed by atoms with Crippen LogP contribution in [0.5, 0.6) is 0 Å². The number of benzene rings is 1. The van der Waals surface area contributed by atoms with Gasteiger partial charge >= 0.3 is 5.97 Å². The molecule has 4 fully saturated rings.